The van der Waals surface area contributed by atoms with E-state index < -0.39 is 0 Å². The number of aliphatic hydroxyl groups is 1. The molecule has 0 saturated carbocycles. The first-order valence-electron chi connectivity index (χ1n) is 6.92. The van der Waals surface area contributed by atoms with Gasteiger partial charge in [0, 0.05) is 32.0 Å². The van der Waals surface area contributed by atoms with Crippen molar-refractivity contribution in [2.45, 2.75) is 46.1 Å². The van der Waals surface area contributed by atoms with E-state index in [0.29, 0.717) is 6.61 Å². The maximum atomic E-state index is 9.70. The number of aromatic nitrogens is 1. The zero-order chi connectivity index (χ0) is 13.0. The van der Waals surface area contributed by atoms with E-state index in [1.807, 2.05) is 6.92 Å². The van der Waals surface area contributed by atoms with Gasteiger partial charge < -0.3 is 9.52 Å². The fourth-order valence-electron chi connectivity index (χ4n) is 3.10. The molecule has 1 unspecified atom stereocenters. The molecule has 0 aromatic carbocycles. The third kappa shape index (κ3) is 3.12. The van der Waals surface area contributed by atoms with Gasteiger partial charge in [0.15, 0.2) is 5.89 Å². The van der Waals surface area contributed by atoms with Crippen LogP contribution in [-0.2, 0) is 6.54 Å². The van der Waals surface area contributed by atoms with Gasteiger partial charge >= 0.3 is 0 Å². The summed E-state index contributed by atoms with van der Waals surface area (Å²) in [4.78, 5) is 6.75. The van der Waals surface area contributed by atoms with Gasteiger partial charge in [-0.1, -0.05) is 13.3 Å². The summed E-state index contributed by atoms with van der Waals surface area (Å²) in [5.41, 5.74) is 1.10. The highest BCUT2D eigenvalue weighted by atomic mass is 16.3. The molecule has 1 N–H and O–H groups in total. The van der Waals surface area contributed by atoms with Crippen molar-refractivity contribution >= 4 is 0 Å². The molecule has 4 nitrogen and oxygen atoms in total. The highest BCUT2D eigenvalue weighted by molar-refractivity contribution is 4.97. The summed E-state index contributed by atoms with van der Waals surface area (Å²) in [6, 6.07) is 0. The number of oxazole rings is 1. The van der Waals surface area contributed by atoms with Crippen molar-refractivity contribution in [3.8, 4) is 0 Å². The number of nitrogens with zero attached hydrogens (tertiary/aromatic N) is 2. The Bertz CT molecular complexity index is 374. The van der Waals surface area contributed by atoms with Gasteiger partial charge in [0.05, 0.1) is 5.69 Å². The number of piperidine rings is 1. The summed E-state index contributed by atoms with van der Waals surface area (Å²) in [6.45, 7) is 7.27. The van der Waals surface area contributed by atoms with Crippen LogP contribution in [-0.4, -0.2) is 34.7 Å². The highest BCUT2D eigenvalue weighted by Crippen LogP contribution is 2.34. The quantitative estimate of drug-likeness (QED) is 0.874. The summed E-state index contributed by atoms with van der Waals surface area (Å²) >= 11 is 0. The number of likely N-dealkylation sites (tertiary alicyclic amines) is 1. The van der Waals surface area contributed by atoms with Crippen LogP contribution >= 0.6 is 0 Å². The van der Waals surface area contributed by atoms with Gasteiger partial charge in [0.1, 0.15) is 6.26 Å². The Morgan fingerprint density at radius 3 is 3.00 bits per heavy atom. The van der Waals surface area contributed by atoms with Gasteiger partial charge in [-0.15, -0.1) is 0 Å². The minimum Gasteiger partial charge on any atom is -0.449 e. The van der Waals surface area contributed by atoms with Crippen molar-refractivity contribution in [1.82, 2.24) is 9.88 Å². The van der Waals surface area contributed by atoms with Gasteiger partial charge in [-0.25, -0.2) is 4.98 Å². The monoisotopic (exact) mass is 252 g/mol. The van der Waals surface area contributed by atoms with Crippen LogP contribution in [0.3, 0.4) is 0 Å². The lowest BCUT2D eigenvalue weighted by molar-refractivity contribution is 0.0211. The molecule has 1 aliphatic rings. The molecule has 0 aliphatic carbocycles. The van der Waals surface area contributed by atoms with Gasteiger partial charge in [-0.05, 0) is 25.8 Å². The number of aryl methyl sites for hydroxylation is 1. The summed E-state index contributed by atoms with van der Waals surface area (Å²) in [6.07, 6.45) is 6.29. The van der Waals surface area contributed by atoms with Crippen LogP contribution in [0.2, 0.25) is 0 Å². The number of rotatable bonds is 5. The summed E-state index contributed by atoms with van der Waals surface area (Å²) in [5, 5.41) is 9.70. The lowest BCUT2D eigenvalue weighted by Crippen LogP contribution is -2.44. The van der Waals surface area contributed by atoms with E-state index in [9.17, 15) is 5.11 Å². The van der Waals surface area contributed by atoms with Crippen molar-refractivity contribution in [2.24, 2.45) is 5.41 Å². The molecule has 1 saturated heterocycles. The van der Waals surface area contributed by atoms with Crippen molar-refractivity contribution in [3.05, 3.63) is 17.8 Å². The van der Waals surface area contributed by atoms with Crippen LogP contribution in [0.1, 0.15) is 44.2 Å². The summed E-state index contributed by atoms with van der Waals surface area (Å²) in [7, 11) is 0. The van der Waals surface area contributed by atoms with Gasteiger partial charge in [-0.2, -0.15) is 0 Å². The summed E-state index contributed by atoms with van der Waals surface area (Å²) < 4.78 is 5.24. The topological polar surface area (TPSA) is 49.5 Å². The zero-order valence-corrected chi connectivity index (χ0v) is 11.5. The molecule has 0 bridgehead atoms. The molecule has 18 heavy (non-hydrogen) atoms. The Labute approximate surface area is 109 Å². The van der Waals surface area contributed by atoms with Crippen LogP contribution in [0.25, 0.3) is 0 Å². The average molecular weight is 252 g/mol. The standard InChI is InChI=1S/C14H24N2O2/c1-3-5-14(11-17)6-4-7-16(10-14)8-13-9-18-12(2)15-13/h9,17H,3-8,10-11H2,1-2H3. The first-order chi connectivity index (χ1) is 8.67. The SMILES string of the molecule is CCCC1(CO)CCCN(Cc2coc(C)n2)C1. The number of hydrogen-bond acceptors (Lipinski definition) is 4. The van der Waals surface area contributed by atoms with Crippen molar-refractivity contribution in [2.75, 3.05) is 19.7 Å². The summed E-state index contributed by atoms with van der Waals surface area (Å²) in [5.74, 6) is 0.726. The predicted octanol–water partition coefficient (Wildman–Crippen LogP) is 2.36. The Balaban J connectivity index is 1.97. The molecule has 1 aliphatic heterocycles. The first kappa shape index (κ1) is 13.6. The molecule has 102 valence electrons. The molecule has 1 aromatic heterocycles. The van der Waals surface area contributed by atoms with E-state index in [0.717, 1.165) is 56.9 Å². The maximum Gasteiger partial charge on any atom is 0.191 e. The van der Waals surface area contributed by atoms with Crippen LogP contribution in [0.15, 0.2) is 10.7 Å². The molecule has 0 spiro atoms. The Morgan fingerprint density at radius 2 is 2.39 bits per heavy atom. The van der Waals surface area contributed by atoms with Crippen LogP contribution in [0.5, 0.6) is 0 Å². The number of aliphatic hydroxyl groups excluding tert-OH is 1. The Morgan fingerprint density at radius 1 is 1.56 bits per heavy atom. The lowest BCUT2D eigenvalue weighted by Gasteiger charge is -2.41. The van der Waals surface area contributed by atoms with Crippen LogP contribution in [0.4, 0.5) is 0 Å². The zero-order valence-electron chi connectivity index (χ0n) is 11.5. The fraction of sp³-hybridized carbons (Fsp3) is 0.786. The van der Waals surface area contributed by atoms with Crippen molar-refractivity contribution in [1.29, 1.82) is 0 Å². The molecule has 2 rings (SSSR count). The van der Waals surface area contributed by atoms with E-state index in [1.54, 1.807) is 6.26 Å². The van der Waals surface area contributed by atoms with Gasteiger partial charge in [0.2, 0.25) is 0 Å². The Kier molecular flexibility index (Phi) is 4.40. The van der Waals surface area contributed by atoms with E-state index in [-0.39, 0.29) is 5.41 Å². The smallest absolute Gasteiger partial charge is 0.191 e. The van der Waals surface area contributed by atoms with Gasteiger partial charge in [0.25, 0.3) is 0 Å². The second-order valence-electron chi connectivity index (χ2n) is 5.58. The lowest BCUT2D eigenvalue weighted by atomic mass is 9.77. The molecule has 0 amide bonds. The molecule has 0 radical (unpaired) electrons. The Hall–Kier alpha value is -0.870. The van der Waals surface area contributed by atoms with E-state index >= 15 is 0 Å². The van der Waals surface area contributed by atoms with Crippen LogP contribution < -0.4 is 0 Å². The average Bonchev–Trinajstić information content (AvgIpc) is 2.75. The molecule has 1 fully saturated rings. The van der Waals surface area contributed by atoms with E-state index in [2.05, 4.69) is 16.8 Å². The molecular weight excluding hydrogens is 228 g/mol. The molecule has 1 atom stereocenters. The predicted molar refractivity (Wildman–Crippen MR) is 70.2 cm³/mol. The van der Waals surface area contributed by atoms with E-state index in [1.165, 1.54) is 0 Å². The fourth-order valence-corrected chi connectivity index (χ4v) is 3.10. The molecular formula is C14H24N2O2. The van der Waals surface area contributed by atoms with Crippen LogP contribution in [0, 0.1) is 12.3 Å². The largest absolute Gasteiger partial charge is 0.449 e. The van der Waals surface area contributed by atoms with Gasteiger partial charge in [-0.3, -0.25) is 4.90 Å². The van der Waals surface area contributed by atoms with E-state index in [4.69, 9.17) is 4.42 Å². The molecule has 1 aromatic rings. The molecule has 4 heteroatoms. The minimum atomic E-state index is 0.103. The second-order valence-corrected chi connectivity index (χ2v) is 5.58. The first-order valence-corrected chi connectivity index (χ1v) is 6.92. The highest BCUT2D eigenvalue weighted by Gasteiger charge is 2.34. The number of hydrogen-bond donors (Lipinski definition) is 1. The van der Waals surface area contributed by atoms with Crippen molar-refractivity contribution in [3.63, 3.8) is 0 Å². The third-order valence-corrected chi connectivity index (χ3v) is 3.91. The van der Waals surface area contributed by atoms with Crippen molar-refractivity contribution < 1.29 is 9.52 Å². The minimum absolute atomic E-state index is 0.103. The normalized spacial score (nSPS) is 25.5. The molecule has 2 heterocycles. The maximum absolute atomic E-state index is 9.70. The third-order valence-electron chi connectivity index (χ3n) is 3.91. The second kappa shape index (κ2) is 5.85.